The second-order valence-electron chi connectivity index (χ2n) is 4.91. The van der Waals surface area contributed by atoms with Gasteiger partial charge in [0.05, 0.1) is 0 Å². The van der Waals surface area contributed by atoms with Crippen LogP contribution in [-0.4, -0.2) is 11.7 Å². The summed E-state index contributed by atoms with van der Waals surface area (Å²) in [6, 6.07) is 0. The van der Waals surface area contributed by atoms with Crippen LogP contribution in [0.4, 0.5) is 0 Å². The van der Waals surface area contributed by atoms with Crippen LogP contribution in [0.3, 0.4) is 0 Å². The van der Waals surface area contributed by atoms with Crippen LogP contribution in [-0.2, 0) is 0 Å². The number of hydrogen-bond donors (Lipinski definition) is 1. The summed E-state index contributed by atoms with van der Waals surface area (Å²) in [5, 5.41) is 8.69. The van der Waals surface area contributed by atoms with Crippen LogP contribution in [0.1, 0.15) is 40.0 Å². The Morgan fingerprint density at radius 3 is 2.18 bits per heavy atom. The Hall–Kier alpha value is -0.0400. The summed E-state index contributed by atoms with van der Waals surface area (Å²) in [4.78, 5) is 0. The van der Waals surface area contributed by atoms with Gasteiger partial charge in [-0.15, -0.1) is 0 Å². The van der Waals surface area contributed by atoms with Gasteiger partial charge in [-0.3, -0.25) is 0 Å². The van der Waals surface area contributed by atoms with E-state index in [0.29, 0.717) is 12.0 Å². The van der Waals surface area contributed by atoms with Crippen molar-refractivity contribution in [3.8, 4) is 0 Å². The first-order valence-electron chi connectivity index (χ1n) is 4.65. The molecule has 1 fully saturated rings. The monoisotopic (exact) mass is 156 g/mol. The van der Waals surface area contributed by atoms with Gasteiger partial charge in [-0.2, -0.15) is 0 Å². The maximum Gasteiger partial charge on any atom is 0.0433 e. The fourth-order valence-corrected chi connectivity index (χ4v) is 1.86. The molecule has 0 aromatic carbocycles. The molecule has 0 spiro atoms. The van der Waals surface area contributed by atoms with Crippen LogP contribution in [0.15, 0.2) is 0 Å². The van der Waals surface area contributed by atoms with Gasteiger partial charge in [-0.25, -0.2) is 0 Å². The zero-order valence-electron chi connectivity index (χ0n) is 7.93. The molecular weight excluding hydrogens is 136 g/mol. The Kier molecular flexibility index (Phi) is 2.58. The normalized spacial score (nSPS) is 31.6. The Labute approximate surface area is 69.8 Å². The Morgan fingerprint density at radius 1 is 1.27 bits per heavy atom. The molecule has 1 nitrogen and oxygen atoms in total. The first-order chi connectivity index (χ1) is 5.04. The second-order valence-corrected chi connectivity index (χ2v) is 4.91. The third-order valence-corrected chi connectivity index (χ3v) is 3.00. The second kappa shape index (κ2) is 3.14. The van der Waals surface area contributed by atoms with Gasteiger partial charge >= 0.3 is 0 Å². The highest BCUT2D eigenvalue weighted by atomic mass is 16.3. The molecule has 1 heteroatoms. The number of rotatable bonds is 2. The molecule has 0 unspecified atom stereocenters. The third kappa shape index (κ3) is 2.19. The predicted molar refractivity (Wildman–Crippen MR) is 47.4 cm³/mol. The summed E-state index contributed by atoms with van der Waals surface area (Å²) < 4.78 is 0. The summed E-state index contributed by atoms with van der Waals surface area (Å²) in [5.74, 6) is 1.73. The molecule has 0 radical (unpaired) electrons. The zero-order valence-corrected chi connectivity index (χ0v) is 7.93. The van der Waals surface area contributed by atoms with E-state index in [1.165, 1.54) is 12.8 Å². The molecule has 0 aromatic rings. The smallest absolute Gasteiger partial charge is 0.0433 e. The van der Waals surface area contributed by atoms with E-state index in [9.17, 15) is 0 Å². The van der Waals surface area contributed by atoms with E-state index in [1.54, 1.807) is 0 Å². The van der Waals surface area contributed by atoms with Crippen molar-refractivity contribution in [2.24, 2.45) is 17.3 Å². The maximum atomic E-state index is 8.69. The number of aliphatic hydroxyl groups excluding tert-OH is 1. The minimum absolute atomic E-state index is 0.377. The van der Waals surface area contributed by atoms with Gasteiger partial charge in [0.25, 0.3) is 0 Å². The van der Waals surface area contributed by atoms with E-state index in [0.717, 1.165) is 18.3 Å². The molecule has 0 atom stereocenters. The van der Waals surface area contributed by atoms with Crippen molar-refractivity contribution >= 4 is 0 Å². The minimum Gasteiger partial charge on any atom is -0.396 e. The molecular formula is C10H20O. The predicted octanol–water partition coefficient (Wildman–Crippen LogP) is 2.44. The highest BCUT2D eigenvalue weighted by Gasteiger charge is 2.36. The third-order valence-electron chi connectivity index (χ3n) is 3.00. The molecule has 0 bridgehead atoms. The molecule has 11 heavy (non-hydrogen) atoms. The quantitative estimate of drug-likeness (QED) is 0.651. The van der Waals surface area contributed by atoms with Gasteiger partial charge in [0.15, 0.2) is 0 Å². The van der Waals surface area contributed by atoms with Gasteiger partial charge in [0.1, 0.15) is 0 Å². The average molecular weight is 156 g/mol. The number of aliphatic hydroxyl groups is 1. The van der Waals surface area contributed by atoms with Gasteiger partial charge in [-0.05, 0) is 36.5 Å². The van der Waals surface area contributed by atoms with Crippen molar-refractivity contribution < 1.29 is 5.11 Å². The van der Waals surface area contributed by atoms with Crippen molar-refractivity contribution in [1.29, 1.82) is 0 Å². The fourth-order valence-electron chi connectivity index (χ4n) is 1.86. The van der Waals surface area contributed by atoms with Gasteiger partial charge in [0, 0.05) is 6.61 Å². The van der Waals surface area contributed by atoms with Crippen molar-refractivity contribution in [2.45, 2.75) is 40.0 Å². The van der Waals surface area contributed by atoms with E-state index in [4.69, 9.17) is 5.11 Å². The Bertz CT molecular complexity index is 117. The van der Waals surface area contributed by atoms with Crippen LogP contribution in [0.5, 0.6) is 0 Å². The molecule has 1 N–H and O–H groups in total. The van der Waals surface area contributed by atoms with Crippen LogP contribution < -0.4 is 0 Å². The highest BCUT2D eigenvalue weighted by molar-refractivity contribution is 4.86. The average Bonchev–Trinajstić information content (AvgIpc) is 1.74. The van der Waals surface area contributed by atoms with Crippen LogP contribution in [0, 0.1) is 17.3 Å². The van der Waals surface area contributed by atoms with Crippen LogP contribution in [0.25, 0.3) is 0 Å². The molecule has 1 rings (SSSR count). The molecule has 0 heterocycles. The van der Waals surface area contributed by atoms with Crippen molar-refractivity contribution in [3.63, 3.8) is 0 Å². The SMILES string of the molecule is CC(C)(C)C1CC(CCO)C1. The van der Waals surface area contributed by atoms with Crippen LogP contribution in [0.2, 0.25) is 0 Å². The zero-order chi connectivity index (χ0) is 8.48. The van der Waals surface area contributed by atoms with E-state index in [1.807, 2.05) is 0 Å². The molecule has 1 saturated carbocycles. The summed E-state index contributed by atoms with van der Waals surface area (Å²) in [7, 11) is 0. The van der Waals surface area contributed by atoms with Crippen molar-refractivity contribution in [1.82, 2.24) is 0 Å². The first-order valence-corrected chi connectivity index (χ1v) is 4.65. The molecule has 66 valence electrons. The Morgan fingerprint density at radius 2 is 1.82 bits per heavy atom. The van der Waals surface area contributed by atoms with Crippen molar-refractivity contribution in [2.75, 3.05) is 6.61 Å². The first kappa shape index (κ1) is 9.05. The standard InChI is InChI=1S/C10H20O/c1-10(2,3)9-6-8(7-9)4-5-11/h8-9,11H,4-7H2,1-3H3. The van der Waals surface area contributed by atoms with Crippen LogP contribution >= 0.6 is 0 Å². The lowest BCUT2D eigenvalue weighted by Crippen LogP contribution is -2.34. The lowest BCUT2D eigenvalue weighted by molar-refractivity contribution is 0.0596. The Balaban J connectivity index is 2.19. The molecule has 0 amide bonds. The van der Waals surface area contributed by atoms with E-state index >= 15 is 0 Å². The summed E-state index contributed by atoms with van der Waals surface area (Å²) in [6.45, 7) is 7.31. The summed E-state index contributed by atoms with van der Waals surface area (Å²) in [6.07, 6.45) is 3.70. The fraction of sp³-hybridized carbons (Fsp3) is 1.00. The van der Waals surface area contributed by atoms with Crippen molar-refractivity contribution in [3.05, 3.63) is 0 Å². The lowest BCUT2D eigenvalue weighted by atomic mass is 9.62. The molecule has 1 aliphatic rings. The summed E-state index contributed by atoms with van der Waals surface area (Å²) in [5.41, 5.74) is 0.492. The topological polar surface area (TPSA) is 20.2 Å². The molecule has 0 aliphatic heterocycles. The maximum absolute atomic E-state index is 8.69. The summed E-state index contributed by atoms with van der Waals surface area (Å²) >= 11 is 0. The highest BCUT2D eigenvalue weighted by Crippen LogP contribution is 2.46. The lowest BCUT2D eigenvalue weighted by Gasteiger charge is -2.43. The van der Waals surface area contributed by atoms with Gasteiger partial charge in [-0.1, -0.05) is 20.8 Å². The molecule has 0 saturated heterocycles. The number of hydrogen-bond acceptors (Lipinski definition) is 1. The van der Waals surface area contributed by atoms with E-state index < -0.39 is 0 Å². The molecule has 0 aromatic heterocycles. The van der Waals surface area contributed by atoms with E-state index in [-0.39, 0.29) is 0 Å². The minimum atomic E-state index is 0.377. The molecule has 1 aliphatic carbocycles. The largest absolute Gasteiger partial charge is 0.396 e. The van der Waals surface area contributed by atoms with Gasteiger partial charge in [0.2, 0.25) is 0 Å². The van der Waals surface area contributed by atoms with Gasteiger partial charge < -0.3 is 5.11 Å². The van der Waals surface area contributed by atoms with E-state index in [2.05, 4.69) is 20.8 Å².